The smallest absolute Gasteiger partial charge is 0.194 e. The first-order valence-electron chi connectivity index (χ1n) is 5.02. The van der Waals surface area contributed by atoms with Crippen molar-refractivity contribution in [2.75, 3.05) is 7.11 Å². The SMILES string of the molecule is COCn1cc(Br)sc1=Nc1cccc(C)n1. The minimum absolute atomic E-state index is 0.479. The molecule has 2 heterocycles. The van der Waals surface area contributed by atoms with Gasteiger partial charge in [0, 0.05) is 19.0 Å². The molecule has 0 N–H and O–H groups in total. The number of nitrogens with zero attached hydrogens (tertiary/aromatic N) is 3. The Kier molecular flexibility index (Phi) is 4.09. The largest absolute Gasteiger partial charge is 0.364 e. The van der Waals surface area contributed by atoms with Gasteiger partial charge < -0.3 is 4.74 Å². The summed E-state index contributed by atoms with van der Waals surface area (Å²) in [7, 11) is 1.66. The first-order chi connectivity index (χ1) is 8.19. The molecule has 0 fully saturated rings. The van der Waals surface area contributed by atoms with Crippen LogP contribution in [0.1, 0.15) is 5.69 Å². The minimum Gasteiger partial charge on any atom is -0.364 e. The highest BCUT2D eigenvalue weighted by molar-refractivity contribution is 9.11. The average Bonchev–Trinajstić information content (AvgIpc) is 2.59. The number of aromatic nitrogens is 2. The molecular formula is C11H12BrN3OS. The topological polar surface area (TPSA) is 39.4 Å². The molecule has 0 atom stereocenters. The lowest BCUT2D eigenvalue weighted by Gasteiger charge is -1.99. The van der Waals surface area contributed by atoms with Crippen LogP contribution in [0.25, 0.3) is 0 Å². The maximum atomic E-state index is 5.11. The van der Waals surface area contributed by atoms with E-state index in [4.69, 9.17) is 4.74 Å². The summed E-state index contributed by atoms with van der Waals surface area (Å²) in [6.07, 6.45) is 1.95. The van der Waals surface area contributed by atoms with Crippen LogP contribution in [-0.2, 0) is 11.5 Å². The van der Waals surface area contributed by atoms with Gasteiger partial charge in [-0.05, 0) is 35.0 Å². The number of thiazole rings is 1. The fraction of sp³-hybridized carbons (Fsp3) is 0.273. The third kappa shape index (κ3) is 3.24. The molecule has 0 unspecified atom stereocenters. The summed E-state index contributed by atoms with van der Waals surface area (Å²) in [6.45, 7) is 2.43. The highest BCUT2D eigenvalue weighted by Crippen LogP contribution is 2.14. The van der Waals surface area contributed by atoms with Gasteiger partial charge in [0.15, 0.2) is 10.6 Å². The number of hydrogen-bond acceptors (Lipinski definition) is 4. The van der Waals surface area contributed by atoms with Gasteiger partial charge in [-0.3, -0.25) is 4.57 Å². The molecule has 0 bridgehead atoms. The van der Waals surface area contributed by atoms with E-state index in [0.717, 1.165) is 14.3 Å². The molecule has 0 aliphatic heterocycles. The molecule has 2 aromatic heterocycles. The van der Waals surface area contributed by atoms with Crippen molar-refractivity contribution in [2.24, 2.45) is 4.99 Å². The lowest BCUT2D eigenvalue weighted by atomic mass is 10.4. The summed E-state index contributed by atoms with van der Waals surface area (Å²) in [6, 6.07) is 5.79. The zero-order valence-electron chi connectivity index (χ0n) is 9.55. The van der Waals surface area contributed by atoms with Crippen LogP contribution < -0.4 is 4.80 Å². The van der Waals surface area contributed by atoms with Gasteiger partial charge in [-0.25, -0.2) is 9.98 Å². The maximum Gasteiger partial charge on any atom is 0.194 e. The second-order valence-electron chi connectivity index (χ2n) is 3.45. The molecule has 2 aromatic rings. The summed E-state index contributed by atoms with van der Waals surface area (Å²) in [5, 5.41) is 0. The molecule has 0 aliphatic rings. The van der Waals surface area contributed by atoms with Crippen LogP contribution in [0.4, 0.5) is 5.82 Å². The lowest BCUT2D eigenvalue weighted by Crippen LogP contribution is -2.14. The predicted octanol–water partition coefficient (Wildman–Crippen LogP) is 2.85. The molecule has 0 saturated carbocycles. The Hall–Kier alpha value is -0.980. The van der Waals surface area contributed by atoms with E-state index >= 15 is 0 Å². The number of rotatable bonds is 3. The van der Waals surface area contributed by atoms with Crippen molar-refractivity contribution in [3.63, 3.8) is 0 Å². The number of pyridine rings is 1. The van der Waals surface area contributed by atoms with Crippen LogP contribution in [0.5, 0.6) is 0 Å². The molecule has 6 heteroatoms. The van der Waals surface area contributed by atoms with Crippen molar-refractivity contribution in [2.45, 2.75) is 13.7 Å². The third-order valence-electron chi connectivity index (χ3n) is 2.04. The molecule has 0 spiro atoms. The quantitative estimate of drug-likeness (QED) is 0.874. The van der Waals surface area contributed by atoms with E-state index in [0.29, 0.717) is 12.5 Å². The summed E-state index contributed by atoms with van der Waals surface area (Å²) in [4.78, 5) is 9.71. The first-order valence-corrected chi connectivity index (χ1v) is 6.63. The number of aryl methyl sites for hydroxylation is 1. The van der Waals surface area contributed by atoms with Crippen LogP contribution in [0.2, 0.25) is 0 Å². The van der Waals surface area contributed by atoms with E-state index in [2.05, 4.69) is 25.9 Å². The molecule has 0 saturated heterocycles. The Morgan fingerprint density at radius 3 is 3.06 bits per heavy atom. The fourth-order valence-electron chi connectivity index (χ4n) is 1.36. The Labute approximate surface area is 112 Å². The molecule has 0 aromatic carbocycles. The van der Waals surface area contributed by atoms with Gasteiger partial charge in [-0.15, -0.1) is 0 Å². The molecule has 0 radical (unpaired) electrons. The van der Waals surface area contributed by atoms with E-state index in [1.807, 2.05) is 35.9 Å². The number of hydrogen-bond donors (Lipinski definition) is 0. The van der Waals surface area contributed by atoms with Gasteiger partial charge in [0.1, 0.15) is 6.73 Å². The number of methoxy groups -OCH3 is 1. The van der Waals surface area contributed by atoms with E-state index in [1.165, 1.54) is 0 Å². The normalized spacial score (nSPS) is 12.1. The van der Waals surface area contributed by atoms with Crippen LogP contribution in [0.3, 0.4) is 0 Å². The highest BCUT2D eigenvalue weighted by Gasteiger charge is 2.00. The van der Waals surface area contributed by atoms with Crippen LogP contribution in [0, 0.1) is 6.92 Å². The molecule has 0 aliphatic carbocycles. The van der Waals surface area contributed by atoms with E-state index in [-0.39, 0.29) is 0 Å². The predicted molar refractivity (Wildman–Crippen MR) is 71.2 cm³/mol. The van der Waals surface area contributed by atoms with Crippen LogP contribution in [-0.4, -0.2) is 16.7 Å². The molecule has 4 nitrogen and oxygen atoms in total. The van der Waals surface area contributed by atoms with Crippen LogP contribution in [0.15, 0.2) is 33.2 Å². The Balaban J connectivity index is 2.45. The Morgan fingerprint density at radius 1 is 1.53 bits per heavy atom. The fourth-order valence-corrected chi connectivity index (χ4v) is 2.76. The first kappa shape index (κ1) is 12.5. The van der Waals surface area contributed by atoms with Crippen molar-refractivity contribution in [3.05, 3.63) is 38.7 Å². The maximum absolute atomic E-state index is 5.11. The second-order valence-corrected chi connectivity index (χ2v) is 5.84. The molecule has 90 valence electrons. The molecular weight excluding hydrogens is 302 g/mol. The average molecular weight is 314 g/mol. The van der Waals surface area contributed by atoms with Gasteiger partial charge in [-0.1, -0.05) is 17.4 Å². The van der Waals surface area contributed by atoms with Crippen LogP contribution >= 0.6 is 27.3 Å². The van der Waals surface area contributed by atoms with E-state index < -0.39 is 0 Å². The molecule has 17 heavy (non-hydrogen) atoms. The number of halogens is 1. The highest BCUT2D eigenvalue weighted by atomic mass is 79.9. The lowest BCUT2D eigenvalue weighted by molar-refractivity contribution is 0.129. The van der Waals surface area contributed by atoms with E-state index in [9.17, 15) is 0 Å². The minimum atomic E-state index is 0.479. The zero-order chi connectivity index (χ0) is 12.3. The van der Waals surface area contributed by atoms with E-state index in [1.54, 1.807) is 18.4 Å². The second kappa shape index (κ2) is 5.57. The monoisotopic (exact) mass is 313 g/mol. The van der Waals surface area contributed by atoms with Crippen molar-refractivity contribution in [1.82, 2.24) is 9.55 Å². The zero-order valence-corrected chi connectivity index (χ0v) is 12.0. The van der Waals surface area contributed by atoms with Gasteiger partial charge >= 0.3 is 0 Å². The number of ether oxygens (including phenoxy) is 1. The standard InChI is InChI=1S/C11H12BrN3OS/c1-8-4-3-5-10(13-8)14-11-15(7-16-2)6-9(12)17-11/h3-6H,7H2,1-2H3. The van der Waals surface area contributed by atoms with Crippen molar-refractivity contribution < 1.29 is 4.74 Å². The summed E-state index contributed by atoms with van der Waals surface area (Å²) in [5.41, 5.74) is 0.958. The Bertz CT molecular complexity index is 576. The van der Waals surface area contributed by atoms with Crippen molar-refractivity contribution in [1.29, 1.82) is 0 Å². The van der Waals surface area contributed by atoms with Crippen molar-refractivity contribution in [3.8, 4) is 0 Å². The third-order valence-corrected chi connectivity index (χ3v) is 3.54. The summed E-state index contributed by atoms with van der Waals surface area (Å²) in [5.74, 6) is 0.712. The van der Waals surface area contributed by atoms with Gasteiger partial charge in [0.05, 0.1) is 3.79 Å². The molecule has 2 rings (SSSR count). The van der Waals surface area contributed by atoms with Gasteiger partial charge in [0.2, 0.25) is 0 Å². The summed E-state index contributed by atoms with van der Waals surface area (Å²) >= 11 is 4.99. The molecule has 0 amide bonds. The Morgan fingerprint density at radius 2 is 2.35 bits per heavy atom. The van der Waals surface area contributed by atoms with Gasteiger partial charge in [-0.2, -0.15) is 0 Å². The van der Waals surface area contributed by atoms with Gasteiger partial charge in [0.25, 0.3) is 0 Å². The summed E-state index contributed by atoms with van der Waals surface area (Å²) < 4.78 is 8.06. The van der Waals surface area contributed by atoms with Crippen molar-refractivity contribution >= 4 is 33.1 Å².